The highest BCUT2D eigenvalue weighted by Crippen LogP contribution is 2.43. The van der Waals surface area contributed by atoms with E-state index in [0.29, 0.717) is 23.3 Å². The van der Waals surface area contributed by atoms with Crippen LogP contribution in [0.15, 0.2) is 35.4 Å². The average molecular weight is 518 g/mol. The molecule has 0 spiro atoms. The number of likely N-dealkylation sites (tertiary alicyclic amines) is 1. The van der Waals surface area contributed by atoms with Crippen LogP contribution in [0, 0.1) is 29.1 Å². The molecule has 0 amide bonds. The van der Waals surface area contributed by atoms with Gasteiger partial charge in [0.15, 0.2) is 0 Å². The highest BCUT2D eigenvalue weighted by Gasteiger charge is 2.40. The second-order valence-corrected chi connectivity index (χ2v) is 11.8. The van der Waals surface area contributed by atoms with Crippen LogP contribution in [0.25, 0.3) is 0 Å². The summed E-state index contributed by atoms with van der Waals surface area (Å²) in [6.07, 6.45) is 18.6. The summed E-state index contributed by atoms with van der Waals surface area (Å²) < 4.78 is 0. The average Bonchev–Trinajstić information content (AvgIpc) is 2.72. The summed E-state index contributed by atoms with van der Waals surface area (Å²) in [5, 5.41) is 4.74. The Morgan fingerprint density at radius 3 is 2.40 bits per heavy atom. The highest BCUT2D eigenvalue weighted by atomic mass is 35.5. The van der Waals surface area contributed by atoms with Gasteiger partial charge in [-0.15, -0.1) is 0 Å². The predicted octanol–water partition coefficient (Wildman–Crippen LogP) is 3.88. The molecule has 0 bridgehead atoms. The SMILES string of the molecule is C.CC(C)[C@H](CN1CCC(C2C=CC(Cl)=CC2)C(C)(C)C1)NC[C@@H](N)CC1CC=CCC1.O.O.O. The summed E-state index contributed by atoms with van der Waals surface area (Å²) in [7, 11) is 0. The van der Waals surface area contributed by atoms with E-state index in [9.17, 15) is 0 Å². The molecule has 0 aromatic heterocycles. The number of hydrogen-bond acceptors (Lipinski definition) is 3. The van der Waals surface area contributed by atoms with E-state index < -0.39 is 0 Å². The zero-order valence-electron chi connectivity index (χ0n) is 21.8. The molecular formula is C28H56ClN3O3. The maximum absolute atomic E-state index is 6.52. The summed E-state index contributed by atoms with van der Waals surface area (Å²) in [4.78, 5) is 2.70. The maximum atomic E-state index is 6.52. The number of nitrogens with zero attached hydrogens (tertiary/aromatic N) is 1. The fourth-order valence-electron chi connectivity index (χ4n) is 6.02. The standard InChI is InChI=1S/C27H46ClN3.CH4.3H2O/c1-20(2)26(30-17-24(29)16-21-8-6-5-7-9-21)18-31-15-14-25(27(3,4)19-31)22-10-12-23(28)13-11-22;;;;/h5-6,10,12-13,20-22,24-26,30H,7-9,11,14-19,29H2,1-4H3;1H4;3*1H2/t21?,22?,24-,25?,26-;;;;/m0..../s1. The van der Waals surface area contributed by atoms with Crippen molar-refractivity contribution in [2.45, 2.75) is 85.7 Å². The van der Waals surface area contributed by atoms with Crippen LogP contribution in [-0.2, 0) is 0 Å². The number of nitrogens with one attached hydrogen (secondary N) is 1. The monoisotopic (exact) mass is 517 g/mol. The summed E-state index contributed by atoms with van der Waals surface area (Å²) in [6, 6.07) is 0.763. The molecule has 6 nitrogen and oxygen atoms in total. The Balaban J connectivity index is 0. The zero-order chi connectivity index (χ0) is 22.4. The number of allylic oxidation sites excluding steroid dienone is 6. The number of rotatable bonds is 9. The second kappa shape index (κ2) is 16.9. The molecule has 7 heteroatoms. The lowest BCUT2D eigenvalue weighted by atomic mass is 9.66. The molecule has 35 heavy (non-hydrogen) atoms. The molecule has 0 radical (unpaired) electrons. The van der Waals surface area contributed by atoms with E-state index >= 15 is 0 Å². The molecule has 5 atom stereocenters. The lowest BCUT2D eigenvalue weighted by Crippen LogP contribution is -2.54. The number of piperidine rings is 1. The van der Waals surface area contributed by atoms with Crippen molar-refractivity contribution in [1.82, 2.24) is 10.2 Å². The minimum atomic E-state index is 0. The minimum Gasteiger partial charge on any atom is -0.412 e. The molecule has 9 N–H and O–H groups in total. The molecular weight excluding hydrogens is 462 g/mol. The van der Waals surface area contributed by atoms with E-state index in [-0.39, 0.29) is 29.9 Å². The van der Waals surface area contributed by atoms with Crippen molar-refractivity contribution in [3.63, 3.8) is 0 Å². The molecule has 3 rings (SSSR count). The Hall–Kier alpha value is -0.730. The van der Waals surface area contributed by atoms with Gasteiger partial charge in [0.05, 0.1) is 0 Å². The fourth-order valence-corrected chi connectivity index (χ4v) is 6.18. The Morgan fingerprint density at radius 1 is 1.14 bits per heavy atom. The van der Waals surface area contributed by atoms with E-state index in [4.69, 9.17) is 17.3 Å². The van der Waals surface area contributed by atoms with Crippen molar-refractivity contribution >= 4 is 11.6 Å². The first-order valence-corrected chi connectivity index (χ1v) is 13.0. The van der Waals surface area contributed by atoms with E-state index in [2.05, 4.69) is 68.3 Å². The molecule has 1 heterocycles. The van der Waals surface area contributed by atoms with Gasteiger partial charge in [0.2, 0.25) is 0 Å². The number of hydrogen-bond donors (Lipinski definition) is 2. The summed E-state index contributed by atoms with van der Waals surface area (Å²) >= 11 is 6.16. The quantitative estimate of drug-likeness (QED) is 0.449. The largest absolute Gasteiger partial charge is 0.412 e. The molecule has 3 aliphatic rings. The van der Waals surface area contributed by atoms with Gasteiger partial charge in [-0.1, -0.05) is 71.0 Å². The van der Waals surface area contributed by atoms with Crippen LogP contribution in [0.1, 0.15) is 73.6 Å². The van der Waals surface area contributed by atoms with Gasteiger partial charge in [-0.3, -0.25) is 0 Å². The first kappa shape index (κ1) is 36.4. The molecule has 1 aliphatic heterocycles. The van der Waals surface area contributed by atoms with E-state index in [1.54, 1.807) is 0 Å². The third-order valence-electron chi connectivity index (χ3n) is 7.91. The number of nitrogens with two attached hydrogens (primary N) is 1. The predicted molar refractivity (Wildman–Crippen MR) is 153 cm³/mol. The van der Waals surface area contributed by atoms with Gasteiger partial charge in [-0.25, -0.2) is 0 Å². The maximum Gasteiger partial charge on any atom is 0.0363 e. The smallest absolute Gasteiger partial charge is 0.0363 e. The van der Waals surface area contributed by atoms with Crippen LogP contribution in [0.4, 0.5) is 0 Å². The molecule has 0 saturated carbocycles. The highest BCUT2D eigenvalue weighted by molar-refractivity contribution is 6.31. The van der Waals surface area contributed by atoms with Crippen molar-refractivity contribution in [2.75, 3.05) is 26.2 Å². The van der Waals surface area contributed by atoms with Gasteiger partial charge < -0.3 is 32.4 Å². The Bertz CT molecular complexity index is 666. The van der Waals surface area contributed by atoms with Gasteiger partial charge in [0.25, 0.3) is 0 Å². The van der Waals surface area contributed by atoms with Crippen molar-refractivity contribution in [2.24, 2.45) is 34.8 Å². The van der Waals surface area contributed by atoms with Crippen LogP contribution in [-0.4, -0.2) is 59.6 Å². The van der Waals surface area contributed by atoms with E-state index in [1.165, 1.54) is 38.8 Å². The lowest BCUT2D eigenvalue weighted by molar-refractivity contribution is 0.0251. The van der Waals surface area contributed by atoms with Crippen LogP contribution < -0.4 is 11.1 Å². The molecule has 1 fully saturated rings. The van der Waals surface area contributed by atoms with Crippen molar-refractivity contribution < 1.29 is 16.4 Å². The second-order valence-electron chi connectivity index (χ2n) is 11.4. The molecule has 3 unspecified atom stereocenters. The third-order valence-corrected chi connectivity index (χ3v) is 8.19. The third kappa shape index (κ3) is 11.0. The summed E-state index contributed by atoms with van der Waals surface area (Å²) in [6.45, 7) is 14.0. The van der Waals surface area contributed by atoms with E-state index in [1.807, 2.05) is 0 Å². The van der Waals surface area contributed by atoms with Crippen LogP contribution in [0.2, 0.25) is 0 Å². The van der Waals surface area contributed by atoms with Crippen molar-refractivity contribution in [3.8, 4) is 0 Å². The topological polar surface area (TPSA) is 136 Å². The Kier molecular flexibility index (Phi) is 17.6. The summed E-state index contributed by atoms with van der Waals surface area (Å²) in [5.74, 6) is 2.74. The van der Waals surface area contributed by atoms with Gasteiger partial charge in [-0.2, -0.15) is 0 Å². The number of halogens is 1. The van der Waals surface area contributed by atoms with Gasteiger partial charge in [0, 0.05) is 36.8 Å². The first-order chi connectivity index (χ1) is 14.7. The molecule has 0 aromatic rings. The normalized spacial score (nSPS) is 27.4. The Labute approximate surface area is 220 Å². The molecule has 1 saturated heterocycles. The van der Waals surface area contributed by atoms with Gasteiger partial charge in [0.1, 0.15) is 0 Å². The van der Waals surface area contributed by atoms with Crippen LogP contribution >= 0.6 is 11.6 Å². The fraction of sp³-hybridized carbons (Fsp3) is 0.786. The van der Waals surface area contributed by atoms with Crippen molar-refractivity contribution in [3.05, 3.63) is 35.4 Å². The van der Waals surface area contributed by atoms with Crippen LogP contribution in [0.5, 0.6) is 0 Å². The van der Waals surface area contributed by atoms with Gasteiger partial charge in [-0.05, 0) is 80.2 Å². The molecule has 0 aromatic carbocycles. The molecule has 2 aliphatic carbocycles. The van der Waals surface area contributed by atoms with E-state index in [0.717, 1.165) is 42.8 Å². The minimum absolute atomic E-state index is 0. The lowest BCUT2D eigenvalue weighted by Gasteiger charge is -2.48. The first-order valence-electron chi connectivity index (χ1n) is 12.6. The zero-order valence-corrected chi connectivity index (χ0v) is 22.6. The van der Waals surface area contributed by atoms with Gasteiger partial charge >= 0.3 is 0 Å². The van der Waals surface area contributed by atoms with Crippen molar-refractivity contribution in [1.29, 1.82) is 0 Å². The Morgan fingerprint density at radius 2 is 1.86 bits per heavy atom. The molecule has 208 valence electrons. The van der Waals surface area contributed by atoms with Crippen LogP contribution in [0.3, 0.4) is 0 Å². The summed E-state index contributed by atoms with van der Waals surface area (Å²) in [5.41, 5.74) is 6.84.